The Morgan fingerprint density at radius 1 is 1.44 bits per heavy atom. The number of hydrogen-bond acceptors (Lipinski definition) is 2. The summed E-state index contributed by atoms with van der Waals surface area (Å²) in [5.41, 5.74) is 0. The van der Waals surface area contributed by atoms with Gasteiger partial charge in [0.25, 0.3) is 0 Å². The van der Waals surface area contributed by atoms with Crippen LogP contribution < -0.4 is 10.6 Å². The van der Waals surface area contributed by atoms with Crippen LogP contribution in [-0.4, -0.2) is 24.5 Å². The summed E-state index contributed by atoms with van der Waals surface area (Å²) in [6, 6.07) is 0.780. The zero-order valence-corrected chi connectivity index (χ0v) is 11.0. The van der Waals surface area contributed by atoms with E-state index in [-0.39, 0.29) is 11.8 Å². The topological polar surface area (TPSA) is 41.1 Å². The first-order valence-electron chi connectivity index (χ1n) is 6.52. The Balaban J connectivity index is 2.33. The van der Waals surface area contributed by atoms with Crippen LogP contribution in [0.4, 0.5) is 0 Å². The second-order valence-corrected chi connectivity index (χ2v) is 5.62. The minimum Gasteiger partial charge on any atom is -0.353 e. The van der Waals surface area contributed by atoms with E-state index in [1.54, 1.807) is 0 Å². The SMILES string of the molecule is CC(C)CC(C)NC(=O)C1CCNC(C)C1. The van der Waals surface area contributed by atoms with Crippen LogP contribution in [0, 0.1) is 11.8 Å². The second kappa shape index (κ2) is 6.24. The standard InChI is InChI=1S/C13H26N2O/c1-9(2)7-11(4)15-13(16)12-5-6-14-10(3)8-12/h9-12,14H,5-8H2,1-4H3,(H,15,16). The molecule has 0 aromatic heterocycles. The fourth-order valence-electron chi connectivity index (χ4n) is 2.50. The maximum atomic E-state index is 12.0. The minimum absolute atomic E-state index is 0.214. The molecule has 0 saturated carbocycles. The predicted molar refractivity (Wildman–Crippen MR) is 67.2 cm³/mol. The van der Waals surface area contributed by atoms with E-state index >= 15 is 0 Å². The summed E-state index contributed by atoms with van der Waals surface area (Å²) in [4.78, 5) is 12.0. The lowest BCUT2D eigenvalue weighted by molar-refractivity contribution is -0.126. The lowest BCUT2D eigenvalue weighted by Crippen LogP contribution is -2.44. The minimum atomic E-state index is 0.214. The molecule has 2 N–H and O–H groups in total. The molecule has 1 aliphatic rings. The highest BCUT2D eigenvalue weighted by Crippen LogP contribution is 2.16. The van der Waals surface area contributed by atoms with Crippen molar-refractivity contribution in [1.82, 2.24) is 10.6 Å². The third kappa shape index (κ3) is 4.52. The molecule has 0 aromatic carbocycles. The van der Waals surface area contributed by atoms with Crippen molar-refractivity contribution in [2.75, 3.05) is 6.54 Å². The Morgan fingerprint density at radius 2 is 2.12 bits per heavy atom. The van der Waals surface area contributed by atoms with Gasteiger partial charge in [-0.25, -0.2) is 0 Å². The molecule has 0 aliphatic carbocycles. The van der Waals surface area contributed by atoms with Crippen molar-refractivity contribution in [2.24, 2.45) is 11.8 Å². The van der Waals surface area contributed by atoms with E-state index in [1.807, 2.05) is 0 Å². The van der Waals surface area contributed by atoms with Crippen molar-refractivity contribution in [3.05, 3.63) is 0 Å². The van der Waals surface area contributed by atoms with Gasteiger partial charge in [-0.05, 0) is 45.6 Å². The Hall–Kier alpha value is -0.570. The molecule has 1 heterocycles. The summed E-state index contributed by atoms with van der Waals surface area (Å²) < 4.78 is 0. The first kappa shape index (κ1) is 13.5. The highest BCUT2D eigenvalue weighted by molar-refractivity contribution is 5.79. The molecule has 1 amide bonds. The Bertz CT molecular complexity index is 228. The van der Waals surface area contributed by atoms with Gasteiger partial charge in [-0.15, -0.1) is 0 Å². The molecule has 3 atom stereocenters. The molecule has 94 valence electrons. The monoisotopic (exact) mass is 226 g/mol. The number of carbonyl (C=O) groups is 1. The number of carbonyl (C=O) groups excluding carboxylic acids is 1. The quantitative estimate of drug-likeness (QED) is 0.769. The molecular weight excluding hydrogens is 200 g/mol. The van der Waals surface area contributed by atoms with Gasteiger partial charge >= 0.3 is 0 Å². The summed E-state index contributed by atoms with van der Waals surface area (Å²) in [7, 11) is 0. The summed E-state index contributed by atoms with van der Waals surface area (Å²) in [6.07, 6.45) is 3.01. The van der Waals surface area contributed by atoms with Gasteiger partial charge in [0, 0.05) is 18.0 Å². The lowest BCUT2D eigenvalue weighted by Gasteiger charge is -2.28. The first-order valence-corrected chi connectivity index (χ1v) is 6.52. The molecular formula is C13H26N2O. The number of piperidine rings is 1. The second-order valence-electron chi connectivity index (χ2n) is 5.62. The maximum Gasteiger partial charge on any atom is 0.223 e. The van der Waals surface area contributed by atoms with Crippen molar-refractivity contribution in [3.8, 4) is 0 Å². The Morgan fingerprint density at radius 3 is 2.69 bits per heavy atom. The average Bonchev–Trinajstić information content (AvgIpc) is 2.16. The van der Waals surface area contributed by atoms with Gasteiger partial charge in [0.15, 0.2) is 0 Å². The van der Waals surface area contributed by atoms with E-state index in [4.69, 9.17) is 0 Å². The number of hydrogen-bond donors (Lipinski definition) is 2. The molecule has 0 bridgehead atoms. The molecule has 16 heavy (non-hydrogen) atoms. The van der Waals surface area contributed by atoms with Crippen LogP contribution in [0.1, 0.15) is 47.0 Å². The molecule has 0 aromatic rings. The molecule has 1 aliphatic heterocycles. The molecule has 3 heteroatoms. The molecule has 0 spiro atoms. The smallest absolute Gasteiger partial charge is 0.223 e. The van der Waals surface area contributed by atoms with E-state index in [0.717, 1.165) is 25.8 Å². The Kier molecular flexibility index (Phi) is 5.26. The van der Waals surface area contributed by atoms with Crippen LogP contribution in [0.25, 0.3) is 0 Å². The van der Waals surface area contributed by atoms with E-state index in [2.05, 4.69) is 38.3 Å². The van der Waals surface area contributed by atoms with Crippen molar-refractivity contribution in [1.29, 1.82) is 0 Å². The van der Waals surface area contributed by atoms with Crippen LogP contribution in [-0.2, 0) is 4.79 Å². The summed E-state index contributed by atoms with van der Waals surface area (Å²) >= 11 is 0. The Labute approximate surface area is 99.4 Å². The maximum absolute atomic E-state index is 12.0. The van der Waals surface area contributed by atoms with Crippen LogP contribution in [0.15, 0.2) is 0 Å². The van der Waals surface area contributed by atoms with Gasteiger partial charge in [-0.2, -0.15) is 0 Å². The van der Waals surface area contributed by atoms with E-state index in [1.165, 1.54) is 0 Å². The van der Waals surface area contributed by atoms with E-state index < -0.39 is 0 Å². The van der Waals surface area contributed by atoms with Crippen molar-refractivity contribution in [2.45, 2.75) is 59.0 Å². The molecule has 3 nitrogen and oxygen atoms in total. The van der Waals surface area contributed by atoms with E-state index in [9.17, 15) is 4.79 Å². The fourth-order valence-corrected chi connectivity index (χ4v) is 2.50. The van der Waals surface area contributed by atoms with Gasteiger partial charge < -0.3 is 10.6 Å². The normalized spacial score (nSPS) is 27.8. The summed E-state index contributed by atoms with van der Waals surface area (Å²) in [5.74, 6) is 1.11. The van der Waals surface area contributed by atoms with Crippen LogP contribution in [0.3, 0.4) is 0 Å². The summed E-state index contributed by atoms with van der Waals surface area (Å²) in [5, 5.41) is 6.51. The zero-order valence-electron chi connectivity index (χ0n) is 11.0. The first-order chi connectivity index (χ1) is 7.49. The highest BCUT2D eigenvalue weighted by Gasteiger charge is 2.25. The predicted octanol–water partition coefficient (Wildman–Crippen LogP) is 1.93. The summed E-state index contributed by atoms with van der Waals surface area (Å²) in [6.45, 7) is 9.60. The van der Waals surface area contributed by atoms with Gasteiger partial charge in [0.2, 0.25) is 5.91 Å². The van der Waals surface area contributed by atoms with Gasteiger partial charge in [0.1, 0.15) is 0 Å². The fraction of sp³-hybridized carbons (Fsp3) is 0.923. The van der Waals surface area contributed by atoms with Gasteiger partial charge in [-0.1, -0.05) is 13.8 Å². The van der Waals surface area contributed by atoms with Crippen molar-refractivity contribution >= 4 is 5.91 Å². The number of nitrogens with one attached hydrogen (secondary N) is 2. The van der Waals surface area contributed by atoms with Crippen LogP contribution in [0.2, 0.25) is 0 Å². The van der Waals surface area contributed by atoms with Crippen molar-refractivity contribution in [3.63, 3.8) is 0 Å². The molecule has 3 unspecified atom stereocenters. The van der Waals surface area contributed by atoms with Crippen molar-refractivity contribution < 1.29 is 4.79 Å². The average molecular weight is 226 g/mol. The molecule has 1 saturated heterocycles. The van der Waals surface area contributed by atoms with Gasteiger partial charge in [-0.3, -0.25) is 4.79 Å². The molecule has 0 radical (unpaired) electrons. The highest BCUT2D eigenvalue weighted by atomic mass is 16.1. The van der Waals surface area contributed by atoms with Crippen LogP contribution in [0.5, 0.6) is 0 Å². The number of rotatable bonds is 4. The van der Waals surface area contributed by atoms with Crippen LogP contribution >= 0.6 is 0 Å². The molecule has 1 rings (SSSR count). The van der Waals surface area contributed by atoms with E-state index in [0.29, 0.717) is 18.0 Å². The third-order valence-electron chi connectivity index (χ3n) is 3.21. The van der Waals surface area contributed by atoms with Gasteiger partial charge in [0.05, 0.1) is 0 Å². The molecule has 1 fully saturated rings. The lowest BCUT2D eigenvalue weighted by atomic mass is 9.92. The largest absolute Gasteiger partial charge is 0.353 e. The third-order valence-corrected chi connectivity index (χ3v) is 3.21. The zero-order chi connectivity index (χ0) is 12.1. The number of amides is 1.